The maximum Gasteiger partial charge on any atom is 0.328 e. The van der Waals surface area contributed by atoms with Gasteiger partial charge in [0.05, 0.1) is 0 Å². The summed E-state index contributed by atoms with van der Waals surface area (Å²) in [6, 6.07) is 3.67. The predicted octanol–water partition coefficient (Wildman–Crippen LogP) is 0.251. The lowest BCUT2D eigenvalue weighted by Crippen LogP contribution is -2.43. The van der Waals surface area contributed by atoms with Gasteiger partial charge >= 0.3 is 11.9 Å². The van der Waals surface area contributed by atoms with E-state index in [1.807, 2.05) is 6.07 Å². The number of carbonyl (C=O) groups is 2. The molecule has 0 radical (unpaired) electrons. The molecular formula is C12H15ClN4O4. The molecule has 1 aromatic rings. The van der Waals surface area contributed by atoms with Gasteiger partial charge in [0, 0.05) is 38.3 Å². The summed E-state index contributed by atoms with van der Waals surface area (Å²) in [7, 11) is 0. The third-order valence-corrected chi connectivity index (χ3v) is 2.63. The van der Waals surface area contributed by atoms with Crippen molar-refractivity contribution in [3.8, 4) is 0 Å². The van der Waals surface area contributed by atoms with Crippen molar-refractivity contribution in [2.45, 2.75) is 0 Å². The maximum absolute atomic E-state index is 9.55. The van der Waals surface area contributed by atoms with Gasteiger partial charge in [0.15, 0.2) is 11.0 Å². The Hall–Kier alpha value is -2.19. The molecule has 0 aliphatic carbocycles. The van der Waals surface area contributed by atoms with Crippen molar-refractivity contribution in [3.05, 3.63) is 29.4 Å². The first-order chi connectivity index (χ1) is 9.99. The highest BCUT2D eigenvalue weighted by Gasteiger charge is 2.11. The number of nitrogens with one attached hydrogen (secondary N) is 1. The van der Waals surface area contributed by atoms with Crippen LogP contribution in [0.2, 0.25) is 5.15 Å². The third kappa shape index (κ3) is 7.23. The average Bonchev–Trinajstić information content (AvgIpc) is 2.47. The Morgan fingerprint density at radius 3 is 2.14 bits per heavy atom. The molecule has 21 heavy (non-hydrogen) atoms. The summed E-state index contributed by atoms with van der Waals surface area (Å²) >= 11 is 5.65. The Bertz CT molecular complexity index is 484. The number of aromatic nitrogens is 2. The Morgan fingerprint density at radius 2 is 1.71 bits per heavy atom. The van der Waals surface area contributed by atoms with E-state index >= 15 is 0 Å². The molecule has 2 heterocycles. The van der Waals surface area contributed by atoms with E-state index in [0.717, 1.165) is 32.0 Å². The van der Waals surface area contributed by atoms with Crippen molar-refractivity contribution in [2.75, 3.05) is 31.1 Å². The van der Waals surface area contributed by atoms with Crippen LogP contribution in [0.4, 0.5) is 5.82 Å². The van der Waals surface area contributed by atoms with Gasteiger partial charge < -0.3 is 20.4 Å². The second-order valence-corrected chi connectivity index (χ2v) is 4.35. The van der Waals surface area contributed by atoms with E-state index in [4.69, 9.17) is 21.8 Å². The molecule has 0 amide bonds. The monoisotopic (exact) mass is 314 g/mol. The minimum absolute atomic E-state index is 0.443. The lowest BCUT2D eigenvalue weighted by Gasteiger charge is -2.27. The fraction of sp³-hybridized carbons (Fsp3) is 0.333. The first-order valence-corrected chi connectivity index (χ1v) is 6.45. The van der Waals surface area contributed by atoms with Crippen LogP contribution < -0.4 is 10.2 Å². The molecule has 0 spiro atoms. The molecule has 1 aliphatic heterocycles. The van der Waals surface area contributed by atoms with Gasteiger partial charge in [-0.15, -0.1) is 10.2 Å². The molecule has 1 aliphatic rings. The molecule has 0 aromatic carbocycles. The van der Waals surface area contributed by atoms with E-state index in [0.29, 0.717) is 17.3 Å². The first-order valence-electron chi connectivity index (χ1n) is 6.08. The van der Waals surface area contributed by atoms with Gasteiger partial charge in [0.25, 0.3) is 0 Å². The molecule has 0 saturated carbocycles. The van der Waals surface area contributed by atoms with Crippen LogP contribution in [-0.4, -0.2) is 58.5 Å². The average molecular weight is 315 g/mol. The summed E-state index contributed by atoms with van der Waals surface area (Å²) in [4.78, 5) is 21.3. The summed E-state index contributed by atoms with van der Waals surface area (Å²) in [5, 5.41) is 27.2. The molecular weight excluding hydrogens is 300 g/mol. The molecule has 0 bridgehead atoms. The Kier molecular flexibility index (Phi) is 7.13. The number of hydrogen-bond acceptors (Lipinski definition) is 6. The Morgan fingerprint density at radius 1 is 1.14 bits per heavy atom. The maximum atomic E-state index is 9.55. The van der Waals surface area contributed by atoms with Crippen molar-refractivity contribution in [1.82, 2.24) is 15.5 Å². The number of halogens is 1. The molecule has 9 heteroatoms. The zero-order chi connectivity index (χ0) is 15.7. The van der Waals surface area contributed by atoms with Crippen LogP contribution in [0.25, 0.3) is 0 Å². The summed E-state index contributed by atoms with van der Waals surface area (Å²) in [6.07, 6.45) is 1.12. The van der Waals surface area contributed by atoms with E-state index in [1.54, 1.807) is 6.07 Å². The van der Waals surface area contributed by atoms with Crippen LogP contribution in [0, 0.1) is 0 Å². The minimum Gasteiger partial charge on any atom is -0.478 e. The number of anilines is 1. The van der Waals surface area contributed by atoms with Crippen LogP contribution in [0.5, 0.6) is 0 Å². The topological polar surface area (TPSA) is 116 Å². The second kappa shape index (κ2) is 8.88. The Balaban J connectivity index is 0.000000240. The van der Waals surface area contributed by atoms with E-state index in [1.165, 1.54) is 0 Å². The van der Waals surface area contributed by atoms with E-state index in [2.05, 4.69) is 20.4 Å². The van der Waals surface area contributed by atoms with Gasteiger partial charge in [-0.05, 0) is 12.1 Å². The lowest BCUT2D eigenvalue weighted by atomic mass is 10.3. The number of rotatable bonds is 3. The Labute approximate surface area is 126 Å². The van der Waals surface area contributed by atoms with Crippen LogP contribution in [0.1, 0.15) is 0 Å². The summed E-state index contributed by atoms with van der Waals surface area (Å²) in [5.41, 5.74) is 0. The molecule has 1 fully saturated rings. The first kappa shape index (κ1) is 16.9. The summed E-state index contributed by atoms with van der Waals surface area (Å²) in [5.74, 6) is -1.61. The molecule has 1 saturated heterocycles. The van der Waals surface area contributed by atoms with Gasteiger partial charge in [-0.25, -0.2) is 9.59 Å². The van der Waals surface area contributed by atoms with Gasteiger partial charge in [-0.3, -0.25) is 0 Å². The van der Waals surface area contributed by atoms with Crippen molar-refractivity contribution in [3.63, 3.8) is 0 Å². The van der Waals surface area contributed by atoms with Crippen molar-refractivity contribution >= 4 is 29.4 Å². The number of hydrogen-bond donors (Lipinski definition) is 3. The fourth-order valence-electron chi connectivity index (χ4n) is 1.51. The highest BCUT2D eigenvalue weighted by atomic mass is 35.5. The molecule has 0 atom stereocenters. The standard InChI is InChI=1S/C8H11ClN4.C4H4O4/c9-7-1-2-8(12-11-7)13-5-3-10-4-6-13;5-3(6)1-2-4(7)8/h1-2,10H,3-6H2;1-2H,(H,5,6)(H,7,8)/b;2-1+. The lowest BCUT2D eigenvalue weighted by molar-refractivity contribution is -0.134. The number of aliphatic carboxylic acids is 2. The van der Waals surface area contributed by atoms with E-state index < -0.39 is 11.9 Å². The fourth-order valence-corrected chi connectivity index (χ4v) is 1.61. The SMILES string of the molecule is Clc1ccc(N2CCNCC2)nn1.O=C(O)/C=C/C(=O)O. The van der Waals surface area contributed by atoms with Crippen molar-refractivity contribution in [1.29, 1.82) is 0 Å². The quantitative estimate of drug-likeness (QED) is 0.680. The van der Waals surface area contributed by atoms with E-state index in [9.17, 15) is 9.59 Å². The number of nitrogens with zero attached hydrogens (tertiary/aromatic N) is 3. The number of carboxylic acids is 2. The van der Waals surface area contributed by atoms with Gasteiger partial charge in [0.1, 0.15) is 0 Å². The van der Waals surface area contributed by atoms with Crippen molar-refractivity contribution in [2.24, 2.45) is 0 Å². The third-order valence-electron chi connectivity index (χ3n) is 2.43. The van der Waals surface area contributed by atoms with Crippen LogP contribution in [0.3, 0.4) is 0 Å². The molecule has 8 nitrogen and oxygen atoms in total. The minimum atomic E-state index is -1.26. The normalized spacial score (nSPS) is 14.4. The predicted molar refractivity (Wildman–Crippen MR) is 76.5 cm³/mol. The zero-order valence-corrected chi connectivity index (χ0v) is 11.8. The molecule has 1 aromatic heterocycles. The molecule has 3 N–H and O–H groups in total. The molecule has 114 valence electrons. The summed E-state index contributed by atoms with van der Waals surface area (Å²) < 4.78 is 0. The van der Waals surface area contributed by atoms with Crippen LogP contribution in [0.15, 0.2) is 24.3 Å². The summed E-state index contributed by atoms with van der Waals surface area (Å²) in [6.45, 7) is 3.97. The van der Waals surface area contributed by atoms with Gasteiger partial charge in [-0.2, -0.15) is 0 Å². The number of carboxylic acid groups (broad SMARTS) is 2. The highest BCUT2D eigenvalue weighted by Crippen LogP contribution is 2.11. The molecule has 0 unspecified atom stereocenters. The smallest absolute Gasteiger partial charge is 0.328 e. The van der Waals surface area contributed by atoms with Crippen molar-refractivity contribution < 1.29 is 19.8 Å². The molecule has 2 rings (SSSR count). The van der Waals surface area contributed by atoms with Crippen LogP contribution >= 0.6 is 11.6 Å². The van der Waals surface area contributed by atoms with Crippen LogP contribution in [-0.2, 0) is 9.59 Å². The zero-order valence-electron chi connectivity index (χ0n) is 11.1. The highest BCUT2D eigenvalue weighted by molar-refractivity contribution is 6.29. The van der Waals surface area contributed by atoms with E-state index in [-0.39, 0.29) is 0 Å². The second-order valence-electron chi connectivity index (χ2n) is 3.96. The number of piperazine rings is 1. The largest absolute Gasteiger partial charge is 0.478 e. The van der Waals surface area contributed by atoms with Gasteiger partial charge in [-0.1, -0.05) is 11.6 Å². The van der Waals surface area contributed by atoms with Gasteiger partial charge in [0.2, 0.25) is 0 Å².